The first-order valence-electron chi connectivity index (χ1n) is 7.06. The predicted octanol–water partition coefficient (Wildman–Crippen LogP) is 5.80. The second kappa shape index (κ2) is 7.97. The van der Waals surface area contributed by atoms with Gasteiger partial charge < -0.3 is 5.32 Å². The van der Waals surface area contributed by atoms with Crippen molar-refractivity contribution in [2.45, 2.75) is 36.1 Å². The van der Waals surface area contributed by atoms with Crippen molar-refractivity contribution in [3.63, 3.8) is 0 Å². The molecule has 1 atom stereocenters. The highest BCUT2D eigenvalue weighted by Gasteiger charge is 2.08. The maximum absolute atomic E-state index is 12.9. The van der Waals surface area contributed by atoms with Gasteiger partial charge in [-0.2, -0.15) is 0 Å². The van der Waals surface area contributed by atoms with Gasteiger partial charge in [-0.1, -0.05) is 24.8 Å². The first-order valence-corrected chi connectivity index (χ1v) is 8.67. The largest absolute Gasteiger partial charge is 0.310 e. The van der Waals surface area contributed by atoms with E-state index in [-0.39, 0.29) is 5.82 Å². The SMILES string of the molecule is CCCNC(C)c1ccc(Sc2ccc(F)cc2)c(Br)c1. The number of rotatable bonds is 6. The van der Waals surface area contributed by atoms with Crippen molar-refractivity contribution in [2.24, 2.45) is 0 Å². The molecule has 2 aromatic carbocycles. The van der Waals surface area contributed by atoms with E-state index in [2.05, 4.69) is 53.3 Å². The maximum Gasteiger partial charge on any atom is 0.123 e. The lowest BCUT2D eigenvalue weighted by Crippen LogP contribution is -2.19. The molecule has 0 saturated heterocycles. The predicted molar refractivity (Wildman–Crippen MR) is 91.4 cm³/mol. The number of hydrogen-bond donors (Lipinski definition) is 1. The van der Waals surface area contributed by atoms with Crippen LogP contribution in [0, 0.1) is 5.82 Å². The normalized spacial score (nSPS) is 12.4. The van der Waals surface area contributed by atoms with E-state index in [1.165, 1.54) is 17.7 Å². The lowest BCUT2D eigenvalue weighted by atomic mass is 10.1. The summed E-state index contributed by atoms with van der Waals surface area (Å²) in [7, 11) is 0. The smallest absolute Gasteiger partial charge is 0.123 e. The second-order valence-electron chi connectivity index (χ2n) is 4.92. The van der Waals surface area contributed by atoms with Gasteiger partial charge in [0, 0.05) is 20.3 Å². The summed E-state index contributed by atoms with van der Waals surface area (Å²) >= 11 is 5.26. The third-order valence-corrected chi connectivity index (χ3v) is 5.20. The zero-order valence-electron chi connectivity index (χ0n) is 12.2. The molecular formula is C17H19BrFNS. The second-order valence-corrected chi connectivity index (χ2v) is 6.89. The minimum absolute atomic E-state index is 0.204. The van der Waals surface area contributed by atoms with Crippen molar-refractivity contribution < 1.29 is 4.39 Å². The fourth-order valence-corrected chi connectivity index (χ4v) is 3.44. The van der Waals surface area contributed by atoms with Gasteiger partial charge >= 0.3 is 0 Å². The van der Waals surface area contributed by atoms with Crippen LogP contribution < -0.4 is 5.32 Å². The Balaban J connectivity index is 2.10. The van der Waals surface area contributed by atoms with Crippen molar-refractivity contribution in [2.75, 3.05) is 6.54 Å². The van der Waals surface area contributed by atoms with Gasteiger partial charge in [-0.15, -0.1) is 0 Å². The van der Waals surface area contributed by atoms with Gasteiger partial charge in [-0.3, -0.25) is 0 Å². The summed E-state index contributed by atoms with van der Waals surface area (Å²) < 4.78 is 14.0. The third-order valence-electron chi connectivity index (χ3n) is 3.20. The van der Waals surface area contributed by atoms with Crippen LogP contribution in [-0.4, -0.2) is 6.54 Å². The van der Waals surface area contributed by atoms with Crippen LogP contribution >= 0.6 is 27.7 Å². The lowest BCUT2D eigenvalue weighted by molar-refractivity contribution is 0.570. The summed E-state index contributed by atoms with van der Waals surface area (Å²) in [5, 5.41) is 3.48. The highest BCUT2D eigenvalue weighted by Crippen LogP contribution is 2.35. The van der Waals surface area contributed by atoms with Crippen LogP contribution in [0.5, 0.6) is 0 Å². The molecule has 0 aliphatic rings. The van der Waals surface area contributed by atoms with E-state index in [1.807, 2.05) is 0 Å². The average Bonchev–Trinajstić information content (AvgIpc) is 2.49. The van der Waals surface area contributed by atoms with Crippen LogP contribution in [0.2, 0.25) is 0 Å². The summed E-state index contributed by atoms with van der Waals surface area (Å²) in [5.41, 5.74) is 1.26. The third kappa shape index (κ3) is 4.83. The van der Waals surface area contributed by atoms with Gasteiger partial charge in [0.15, 0.2) is 0 Å². The molecule has 0 aliphatic carbocycles. The Labute approximate surface area is 138 Å². The van der Waals surface area contributed by atoms with Crippen molar-refractivity contribution >= 4 is 27.7 Å². The fourth-order valence-electron chi connectivity index (χ4n) is 1.98. The quantitative estimate of drug-likeness (QED) is 0.692. The molecule has 2 rings (SSSR count). The molecule has 0 fully saturated rings. The zero-order chi connectivity index (χ0) is 15.2. The van der Waals surface area contributed by atoms with E-state index < -0.39 is 0 Å². The average molecular weight is 368 g/mol. The van der Waals surface area contributed by atoms with Crippen molar-refractivity contribution in [1.82, 2.24) is 5.32 Å². The fraction of sp³-hybridized carbons (Fsp3) is 0.294. The van der Waals surface area contributed by atoms with Gasteiger partial charge in [0.2, 0.25) is 0 Å². The van der Waals surface area contributed by atoms with E-state index in [0.717, 1.165) is 27.2 Å². The standard InChI is InChI=1S/C17H19BrFNS/c1-3-10-20-12(2)13-4-9-17(16(18)11-13)21-15-7-5-14(19)6-8-15/h4-9,11-12,20H,3,10H2,1-2H3. The molecule has 1 nitrogen and oxygen atoms in total. The number of nitrogens with one attached hydrogen (secondary N) is 1. The van der Waals surface area contributed by atoms with Crippen molar-refractivity contribution in [3.8, 4) is 0 Å². The van der Waals surface area contributed by atoms with Gasteiger partial charge in [-0.05, 0) is 77.8 Å². The van der Waals surface area contributed by atoms with Crippen molar-refractivity contribution in [3.05, 3.63) is 58.3 Å². The first-order chi connectivity index (χ1) is 10.1. The molecule has 2 aromatic rings. The monoisotopic (exact) mass is 367 g/mol. The minimum Gasteiger partial charge on any atom is -0.310 e. The van der Waals surface area contributed by atoms with E-state index in [9.17, 15) is 4.39 Å². The summed E-state index contributed by atoms with van der Waals surface area (Å²) in [4.78, 5) is 2.16. The van der Waals surface area contributed by atoms with Crippen LogP contribution in [0.15, 0.2) is 56.7 Å². The van der Waals surface area contributed by atoms with Gasteiger partial charge in [0.1, 0.15) is 5.82 Å². The van der Waals surface area contributed by atoms with E-state index in [4.69, 9.17) is 0 Å². The molecule has 0 aliphatic heterocycles. The highest BCUT2D eigenvalue weighted by molar-refractivity contribution is 9.10. The first kappa shape index (κ1) is 16.5. The van der Waals surface area contributed by atoms with Crippen LogP contribution in [0.4, 0.5) is 4.39 Å². The van der Waals surface area contributed by atoms with Crippen LogP contribution in [-0.2, 0) is 0 Å². The molecule has 112 valence electrons. The number of benzene rings is 2. The Morgan fingerprint density at radius 3 is 2.52 bits per heavy atom. The minimum atomic E-state index is -0.204. The molecule has 0 radical (unpaired) electrons. The summed E-state index contributed by atoms with van der Waals surface area (Å²) in [6, 6.07) is 13.3. The topological polar surface area (TPSA) is 12.0 Å². The molecule has 21 heavy (non-hydrogen) atoms. The van der Waals surface area contributed by atoms with Crippen LogP contribution in [0.3, 0.4) is 0 Å². The Morgan fingerprint density at radius 1 is 1.19 bits per heavy atom. The van der Waals surface area contributed by atoms with E-state index in [0.29, 0.717) is 6.04 Å². The summed E-state index contributed by atoms with van der Waals surface area (Å²) in [6.45, 7) is 5.35. The van der Waals surface area contributed by atoms with Gasteiger partial charge in [0.25, 0.3) is 0 Å². The molecule has 0 saturated carbocycles. The molecule has 0 heterocycles. The molecule has 1 N–H and O–H groups in total. The zero-order valence-corrected chi connectivity index (χ0v) is 14.6. The Bertz CT molecular complexity index is 586. The molecular weight excluding hydrogens is 349 g/mol. The lowest BCUT2D eigenvalue weighted by Gasteiger charge is -2.15. The van der Waals surface area contributed by atoms with E-state index >= 15 is 0 Å². The molecule has 4 heteroatoms. The Kier molecular flexibility index (Phi) is 6.27. The summed E-state index contributed by atoms with van der Waals surface area (Å²) in [6.07, 6.45) is 1.13. The number of hydrogen-bond acceptors (Lipinski definition) is 2. The van der Waals surface area contributed by atoms with Gasteiger partial charge in [-0.25, -0.2) is 4.39 Å². The maximum atomic E-state index is 12.9. The Morgan fingerprint density at radius 2 is 1.90 bits per heavy atom. The highest BCUT2D eigenvalue weighted by atomic mass is 79.9. The molecule has 0 amide bonds. The van der Waals surface area contributed by atoms with Crippen molar-refractivity contribution in [1.29, 1.82) is 0 Å². The van der Waals surface area contributed by atoms with Crippen LogP contribution in [0.1, 0.15) is 31.9 Å². The van der Waals surface area contributed by atoms with Gasteiger partial charge in [0.05, 0.1) is 0 Å². The molecule has 0 bridgehead atoms. The molecule has 0 spiro atoms. The molecule has 1 unspecified atom stereocenters. The van der Waals surface area contributed by atoms with E-state index in [1.54, 1.807) is 23.9 Å². The molecule has 0 aromatic heterocycles. The summed E-state index contributed by atoms with van der Waals surface area (Å²) in [5.74, 6) is -0.204. The number of halogens is 2. The van der Waals surface area contributed by atoms with Crippen LogP contribution in [0.25, 0.3) is 0 Å². The Hall–Kier alpha value is -0.840.